The monoisotopic (exact) mass is 344 g/mol. The van der Waals surface area contributed by atoms with Gasteiger partial charge in [-0.05, 0) is 24.3 Å². The van der Waals surface area contributed by atoms with Gasteiger partial charge in [0.25, 0.3) is 5.91 Å². The lowest BCUT2D eigenvalue weighted by Gasteiger charge is -2.08. The Balaban J connectivity index is 1.90. The molecule has 0 bridgehead atoms. The van der Waals surface area contributed by atoms with Gasteiger partial charge in [0.15, 0.2) is 5.13 Å². The second-order valence-electron chi connectivity index (χ2n) is 4.88. The molecule has 2 aromatic carbocycles. The number of benzene rings is 2. The summed E-state index contributed by atoms with van der Waals surface area (Å²) in [4.78, 5) is 16.9. The van der Waals surface area contributed by atoms with Crippen LogP contribution in [0.4, 0.5) is 5.13 Å². The van der Waals surface area contributed by atoms with E-state index in [2.05, 4.69) is 10.3 Å². The summed E-state index contributed by atoms with van der Waals surface area (Å²) in [6.07, 6.45) is 0. The quantitative estimate of drug-likeness (QED) is 0.766. The zero-order chi connectivity index (χ0) is 17.1. The molecule has 1 aromatic heterocycles. The zero-order valence-corrected chi connectivity index (χ0v) is 14.3. The van der Waals surface area contributed by atoms with E-state index in [1.165, 1.54) is 25.6 Å². The van der Waals surface area contributed by atoms with Crippen molar-refractivity contribution in [2.45, 2.75) is 0 Å². The molecular weight excluding hydrogens is 328 g/mol. The van der Waals surface area contributed by atoms with Crippen molar-refractivity contribution in [3.05, 3.63) is 42.0 Å². The highest BCUT2D eigenvalue weighted by molar-refractivity contribution is 7.22. The maximum Gasteiger partial charge on any atom is 0.257 e. The third-order valence-corrected chi connectivity index (χ3v) is 4.37. The van der Waals surface area contributed by atoms with Gasteiger partial charge in [0.2, 0.25) is 0 Å². The van der Waals surface area contributed by atoms with Crippen LogP contribution in [0.25, 0.3) is 10.2 Å². The first-order chi connectivity index (χ1) is 11.6. The predicted molar refractivity (Wildman–Crippen MR) is 93.7 cm³/mol. The van der Waals surface area contributed by atoms with Crippen LogP contribution < -0.4 is 19.5 Å². The van der Waals surface area contributed by atoms with Gasteiger partial charge in [0.1, 0.15) is 22.8 Å². The van der Waals surface area contributed by atoms with E-state index in [-0.39, 0.29) is 5.91 Å². The van der Waals surface area contributed by atoms with Crippen molar-refractivity contribution in [1.29, 1.82) is 0 Å². The second-order valence-corrected chi connectivity index (χ2v) is 5.91. The minimum Gasteiger partial charge on any atom is -0.497 e. The molecule has 3 aromatic rings. The first-order valence-electron chi connectivity index (χ1n) is 7.12. The maximum absolute atomic E-state index is 12.5. The van der Waals surface area contributed by atoms with Gasteiger partial charge in [-0.15, -0.1) is 0 Å². The molecule has 6 nitrogen and oxygen atoms in total. The first kappa shape index (κ1) is 16.1. The normalized spacial score (nSPS) is 10.5. The molecular formula is C17H16N2O4S. The number of methoxy groups -OCH3 is 3. The number of carbonyl (C=O) groups is 1. The molecule has 0 atom stereocenters. The maximum atomic E-state index is 12.5. The topological polar surface area (TPSA) is 69.7 Å². The summed E-state index contributed by atoms with van der Waals surface area (Å²) in [7, 11) is 4.67. The smallest absolute Gasteiger partial charge is 0.257 e. The highest BCUT2D eigenvalue weighted by Gasteiger charge is 2.14. The van der Waals surface area contributed by atoms with Crippen molar-refractivity contribution < 1.29 is 19.0 Å². The Morgan fingerprint density at radius 3 is 2.38 bits per heavy atom. The van der Waals surface area contributed by atoms with Crippen LogP contribution in [-0.4, -0.2) is 32.2 Å². The van der Waals surface area contributed by atoms with Crippen molar-refractivity contribution in [2.75, 3.05) is 26.6 Å². The van der Waals surface area contributed by atoms with Crippen LogP contribution in [0.5, 0.6) is 17.2 Å². The summed E-state index contributed by atoms with van der Waals surface area (Å²) in [5.74, 6) is 1.48. The van der Waals surface area contributed by atoms with Crippen LogP contribution in [0, 0.1) is 0 Å². The Labute approximate surface area is 143 Å². The van der Waals surface area contributed by atoms with Gasteiger partial charge in [-0.25, -0.2) is 4.98 Å². The molecule has 0 saturated carbocycles. The first-order valence-corrected chi connectivity index (χ1v) is 7.94. The van der Waals surface area contributed by atoms with Crippen LogP contribution >= 0.6 is 11.3 Å². The molecule has 0 spiro atoms. The van der Waals surface area contributed by atoms with Gasteiger partial charge in [-0.3, -0.25) is 10.1 Å². The Hall–Kier alpha value is -2.80. The Morgan fingerprint density at radius 1 is 1.04 bits per heavy atom. The van der Waals surface area contributed by atoms with Crippen molar-refractivity contribution in [1.82, 2.24) is 4.98 Å². The van der Waals surface area contributed by atoms with Gasteiger partial charge < -0.3 is 14.2 Å². The third kappa shape index (κ3) is 3.11. The van der Waals surface area contributed by atoms with Crippen LogP contribution in [-0.2, 0) is 0 Å². The highest BCUT2D eigenvalue weighted by Crippen LogP contribution is 2.32. The lowest BCUT2D eigenvalue weighted by molar-refractivity contribution is 0.102. The van der Waals surface area contributed by atoms with E-state index in [0.29, 0.717) is 27.9 Å². The summed E-state index contributed by atoms with van der Waals surface area (Å²) in [6.45, 7) is 0. The van der Waals surface area contributed by atoms with E-state index in [1.54, 1.807) is 25.3 Å². The number of hydrogen-bond acceptors (Lipinski definition) is 6. The molecule has 24 heavy (non-hydrogen) atoms. The van der Waals surface area contributed by atoms with Gasteiger partial charge in [0, 0.05) is 11.6 Å². The molecule has 124 valence electrons. The minimum atomic E-state index is -0.287. The molecule has 3 rings (SSSR count). The van der Waals surface area contributed by atoms with E-state index in [0.717, 1.165) is 10.2 Å². The van der Waals surface area contributed by atoms with Crippen molar-refractivity contribution in [3.63, 3.8) is 0 Å². The van der Waals surface area contributed by atoms with Crippen LogP contribution in [0.2, 0.25) is 0 Å². The molecule has 0 unspecified atom stereocenters. The summed E-state index contributed by atoms with van der Waals surface area (Å²) in [5.41, 5.74) is 1.15. The fourth-order valence-electron chi connectivity index (χ4n) is 2.25. The summed E-state index contributed by atoms with van der Waals surface area (Å²) >= 11 is 1.38. The number of rotatable bonds is 5. The number of fused-ring (bicyclic) bond motifs is 1. The number of hydrogen-bond donors (Lipinski definition) is 1. The van der Waals surface area contributed by atoms with Crippen molar-refractivity contribution in [3.8, 4) is 17.2 Å². The fraction of sp³-hybridized carbons (Fsp3) is 0.176. The number of para-hydroxylation sites is 1. The number of anilines is 1. The number of nitrogens with zero attached hydrogens (tertiary/aromatic N) is 1. The van der Waals surface area contributed by atoms with E-state index < -0.39 is 0 Å². The average Bonchev–Trinajstić information content (AvgIpc) is 3.03. The Kier molecular flexibility index (Phi) is 4.52. The van der Waals surface area contributed by atoms with E-state index >= 15 is 0 Å². The van der Waals surface area contributed by atoms with E-state index in [9.17, 15) is 4.79 Å². The van der Waals surface area contributed by atoms with Gasteiger partial charge in [0.05, 0.1) is 26.0 Å². The minimum absolute atomic E-state index is 0.287. The van der Waals surface area contributed by atoms with Crippen LogP contribution in [0.1, 0.15) is 10.4 Å². The highest BCUT2D eigenvalue weighted by atomic mass is 32.1. The lowest BCUT2D eigenvalue weighted by Crippen LogP contribution is -2.12. The number of nitrogens with one attached hydrogen (secondary N) is 1. The molecule has 0 aliphatic heterocycles. The number of carbonyl (C=O) groups excluding carboxylic acids is 1. The van der Waals surface area contributed by atoms with Gasteiger partial charge >= 0.3 is 0 Å². The molecule has 0 saturated heterocycles. The fourth-order valence-corrected chi connectivity index (χ4v) is 3.13. The summed E-state index contributed by atoms with van der Waals surface area (Å²) in [6, 6.07) is 10.6. The van der Waals surface area contributed by atoms with Crippen LogP contribution in [0.3, 0.4) is 0 Å². The van der Waals surface area contributed by atoms with E-state index in [4.69, 9.17) is 14.2 Å². The Bertz CT molecular complexity index is 869. The number of aromatic nitrogens is 1. The molecule has 0 aliphatic carbocycles. The van der Waals surface area contributed by atoms with E-state index in [1.807, 2.05) is 18.2 Å². The molecule has 0 aliphatic rings. The van der Waals surface area contributed by atoms with Crippen molar-refractivity contribution >= 4 is 32.6 Å². The molecule has 0 fully saturated rings. The molecule has 1 heterocycles. The average molecular weight is 344 g/mol. The standard InChI is InChI=1S/C17H16N2O4S/c1-21-11-7-10(8-12(9-11)22-2)16(20)19-17-18-15-13(23-3)5-4-6-14(15)24-17/h4-9H,1-3H3,(H,18,19,20). The lowest BCUT2D eigenvalue weighted by atomic mass is 10.2. The number of amides is 1. The molecule has 1 N–H and O–H groups in total. The zero-order valence-electron chi connectivity index (χ0n) is 13.5. The second kappa shape index (κ2) is 6.76. The summed E-state index contributed by atoms with van der Waals surface area (Å²) < 4.78 is 16.6. The largest absolute Gasteiger partial charge is 0.497 e. The summed E-state index contributed by atoms with van der Waals surface area (Å²) in [5, 5.41) is 3.30. The number of thiazole rings is 1. The molecule has 1 amide bonds. The van der Waals surface area contributed by atoms with Gasteiger partial charge in [-0.2, -0.15) is 0 Å². The molecule has 0 radical (unpaired) electrons. The SMILES string of the molecule is COc1cc(OC)cc(C(=O)Nc2nc3c(OC)cccc3s2)c1. The molecule has 7 heteroatoms. The third-order valence-electron chi connectivity index (χ3n) is 3.44. The van der Waals surface area contributed by atoms with Crippen LogP contribution in [0.15, 0.2) is 36.4 Å². The van der Waals surface area contributed by atoms with Crippen molar-refractivity contribution in [2.24, 2.45) is 0 Å². The predicted octanol–water partition coefficient (Wildman–Crippen LogP) is 3.57. The van der Waals surface area contributed by atoms with Gasteiger partial charge in [-0.1, -0.05) is 17.4 Å². The Morgan fingerprint density at radius 2 is 1.75 bits per heavy atom. The number of ether oxygens (including phenoxy) is 3.